The van der Waals surface area contributed by atoms with Crippen LogP contribution in [0.25, 0.3) is 11.8 Å². The van der Waals surface area contributed by atoms with Gasteiger partial charge in [0.25, 0.3) is 0 Å². The summed E-state index contributed by atoms with van der Waals surface area (Å²) in [6.07, 6.45) is -4.39. The quantitative estimate of drug-likeness (QED) is 0.840. The highest BCUT2D eigenvalue weighted by atomic mass is 19.4. The summed E-state index contributed by atoms with van der Waals surface area (Å²) in [4.78, 5) is 13.3. The number of rotatable bonds is 3. The Labute approximate surface area is 164 Å². The fourth-order valence-corrected chi connectivity index (χ4v) is 3.49. The monoisotopic (exact) mass is 405 g/mol. The lowest BCUT2D eigenvalue weighted by Crippen LogP contribution is -2.26. The number of anilines is 1. The second-order valence-corrected chi connectivity index (χ2v) is 6.79. The lowest BCUT2D eigenvalue weighted by atomic mass is 9.96. The normalized spacial score (nSPS) is 19.1. The number of aliphatic hydroxyl groups is 1. The summed E-state index contributed by atoms with van der Waals surface area (Å²) in [5.41, 5.74) is 0.537. The molecule has 2 aromatic rings. The van der Waals surface area contributed by atoms with E-state index in [-0.39, 0.29) is 31.0 Å². The Bertz CT molecular complexity index is 990. The SMILES string of the molecule is O=C1OC(CO)CN1c1ccc2c(c1)CN([O-])C(c1ccccc1C(F)(F)F)=C2. The summed E-state index contributed by atoms with van der Waals surface area (Å²) in [5, 5.41) is 22.2. The van der Waals surface area contributed by atoms with Gasteiger partial charge in [-0.3, -0.25) is 4.90 Å². The standard InChI is InChI=1S/C20H16F3N2O4/c21-20(22,23)17-4-2-1-3-16(17)18-8-12-5-6-14(7-13(12)9-25(18)28)24-10-15(11-26)29-19(24)27/h1-8,15,26H,9-11H2/q-1. The molecular weight excluding hydrogens is 389 g/mol. The van der Waals surface area contributed by atoms with Crippen LogP contribution in [0.3, 0.4) is 0 Å². The molecule has 1 fully saturated rings. The Hall–Kier alpha value is -3.04. The highest BCUT2D eigenvalue weighted by Gasteiger charge is 2.35. The van der Waals surface area contributed by atoms with E-state index in [1.807, 2.05) is 0 Å². The maximum absolute atomic E-state index is 13.3. The first kappa shape index (κ1) is 19.3. The van der Waals surface area contributed by atoms with Gasteiger partial charge in [0.1, 0.15) is 6.10 Å². The van der Waals surface area contributed by atoms with E-state index < -0.39 is 23.9 Å². The van der Waals surface area contributed by atoms with Crippen molar-refractivity contribution in [3.8, 4) is 0 Å². The van der Waals surface area contributed by atoms with E-state index >= 15 is 0 Å². The van der Waals surface area contributed by atoms with Crippen LogP contribution in [0.1, 0.15) is 22.3 Å². The maximum Gasteiger partial charge on any atom is 0.417 e. The predicted octanol–water partition coefficient (Wildman–Crippen LogP) is 3.83. The highest BCUT2D eigenvalue weighted by Crippen LogP contribution is 2.39. The molecule has 1 unspecified atom stereocenters. The molecule has 1 saturated heterocycles. The van der Waals surface area contributed by atoms with Crippen LogP contribution in [0.2, 0.25) is 0 Å². The van der Waals surface area contributed by atoms with Gasteiger partial charge < -0.3 is 20.1 Å². The fraction of sp³-hybridized carbons (Fsp3) is 0.250. The van der Waals surface area contributed by atoms with Crippen LogP contribution in [0.15, 0.2) is 42.5 Å². The van der Waals surface area contributed by atoms with E-state index in [1.54, 1.807) is 18.2 Å². The molecule has 2 heterocycles. The van der Waals surface area contributed by atoms with E-state index in [1.165, 1.54) is 29.2 Å². The van der Waals surface area contributed by atoms with Crippen LogP contribution in [0, 0.1) is 5.21 Å². The number of halogens is 3. The van der Waals surface area contributed by atoms with E-state index in [0.717, 1.165) is 6.07 Å². The lowest BCUT2D eigenvalue weighted by Gasteiger charge is -2.38. The summed E-state index contributed by atoms with van der Waals surface area (Å²) in [5.74, 6) is 0. The highest BCUT2D eigenvalue weighted by molar-refractivity contribution is 5.91. The number of benzene rings is 2. The molecule has 2 aliphatic heterocycles. The number of nitrogens with zero attached hydrogens (tertiary/aromatic N) is 2. The number of cyclic esters (lactones) is 1. The van der Waals surface area contributed by atoms with Crippen LogP contribution in [-0.2, 0) is 17.5 Å². The molecule has 6 nitrogen and oxygen atoms in total. The number of amides is 1. The Morgan fingerprint density at radius 2 is 1.97 bits per heavy atom. The Kier molecular flexibility index (Phi) is 4.71. The van der Waals surface area contributed by atoms with E-state index in [2.05, 4.69) is 0 Å². The zero-order valence-electron chi connectivity index (χ0n) is 15.0. The number of ether oxygens (including phenoxy) is 1. The third kappa shape index (κ3) is 3.54. The smallest absolute Gasteiger partial charge is 0.417 e. The first-order valence-electron chi connectivity index (χ1n) is 8.83. The van der Waals surface area contributed by atoms with Crippen molar-refractivity contribution in [2.24, 2.45) is 0 Å². The molecule has 0 saturated carbocycles. The van der Waals surface area contributed by atoms with Crippen molar-refractivity contribution < 1.29 is 27.8 Å². The van der Waals surface area contributed by atoms with Crippen molar-refractivity contribution in [2.75, 3.05) is 18.1 Å². The number of fused-ring (bicyclic) bond motifs is 1. The van der Waals surface area contributed by atoms with Crippen LogP contribution in [0.4, 0.5) is 23.7 Å². The van der Waals surface area contributed by atoms with Crippen LogP contribution in [-0.4, -0.2) is 35.5 Å². The van der Waals surface area contributed by atoms with Gasteiger partial charge >= 0.3 is 12.3 Å². The van der Waals surface area contributed by atoms with Gasteiger partial charge in [-0.2, -0.15) is 13.2 Å². The van der Waals surface area contributed by atoms with Crippen molar-refractivity contribution in [3.05, 3.63) is 69.9 Å². The largest absolute Gasteiger partial charge is 0.758 e. The molecule has 0 aromatic heterocycles. The molecule has 1 atom stereocenters. The molecular formula is C20H16F3N2O4-. The molecule has 0 aliphatic carbocycles. The number of carbonyl (C=O) groups is 1. The van der Waals surface area contributed by atoms with Crippen molar-refractivity contribution in [3.63, 3.8) is 0 Å². The van der Waals surface area contributed by atoms with Gasteiger partial charge in [-0.15, -0.1) is 0 Å². The molecule has 152 valence electrons. The van der Waals surface area contributed by atoms with Crippen molar-refractivity contribution >= 4 is 23.6 Å². The average molecular weight is 405 g/mol. The van der Waals surface area contributed by atoms with Crippen LogP contribution < -0.4 is 4.90 Å². The lowest BCUT2D eigenvalue weighted by molar-refractivity contribution is -0.137. The van der Waals surface area contributed by atoms with Crippen molar-refractivity contribution in [2.45, 2.75) is 18.8 Å². The van der Waals surface area contributed by atoms with Gasteiger partial charge in [-0.25, -0.2) is 4.79 Å². The molecule has 1 N–H and O–H groups in total. The van der Waals surface area contributed by atoms with Crippen molar-refractivity contribution in [1.82, 2.24) is 5.06 Å². The number of aliphatic hydroxyl groups excluding tert-OH is 1. The van der Waals surface area contributed by atoms with E-state index in [4.69, 9.17) is 9.84 Å². The van der Waals surface area contributed by atoms with E-state index in [9.17, 15) is 23.2 Å². The van der Waals surface area contributed by atoms with Gasteiger partial charge in [-0.05, 0) is 35.4 Å². The first-order chi connectivity index (χ1) is 13.8. The van der Waals surface area contributed by atoms with E-state index in [0.29, 0.717) is 21.9 Å². The predicted molar refractivity (Wildman–Crippen MR) is 99.4 cm³/mol. The molecule has 2 aromatic carbocycles. The van der Waals surface area contributed by atoms with Gasteiger partial charge in [0.15, 0.2) is 0 Å². The molecule has 1 amide bonds. The zero-order valence-corrected chi connectivity index (χ0v) is 15.0. The molecule has 9 heteroatoms. The Morgan fingerprint density at radius 3 is 2.66 bits per heavy atom. The summed E-state index contributed by atoms with van der Waals surface area (Å²) >= 11 is 0. The third-order valence-corrected chi connectivity index (χ3v) is 4.90. The summed E-state index contributed by atoms with van der Waals surface area (Å²) in [6.45, 7) is -0.283. The molecule has 0 bridgehead atoms. The van der Waals surface area contributed by atoms with Gasteiger partial charge in [-0.1, -0.05) is 24.3 Å². The molecule has 0 radical (unpaired) electrons. The summed E-state index contributed by atoms with van der Waals surface area (Å²) in [6, 6.07) is 9.85. The molecule has 0 spiro atoms. The second-order valence-electron chi connectivity index (χ2n) is 6.79. The van der Waals surface area contributed by atoms with Crippen LogP contribution >= 0.6 is 0 Å². The fourth-order valence-electron chi connectivity index (χ4n) is 3.49. The molecule has 4 rings (SSSR count). The number of alkyl halides is 3. The maximum atomic E-state index is 13.3. The number of carbonyl (C=O) groups excluding carboxylic acids is 1. The van der Waals surface area contributed by atoms with Crippen LogP contribution in [0.5, 0.6) is 0 Å². The number of hydrogen-bond donors (Lipinski definition) is 1. The Balaban J connectivity index is 1.70. The minimum atomic E-state index is -4.58. The number of hydrogen-bond acceptors (Lipinski definition) is 5. The topological polar surface area (TPSA) is 76.1 Å². The first-order valence-corrected chi connectivity index (χ1v) is 8.83. The summed E-state index contributed by atoms with van der Waals surface area (Å²) < 4.78 is 45.0. The van der Waals surface area contributed by atoms with Crippen molar-refractivity contribution in [1.29, 1.82) is 0 Å². The average Bonchev–Trinajstić information content (AvgIpc) is 3.07. The van der Waals surface area contributed by atoms with Gasteiger partial charge in [0, 0.05) is 23.5 Å². The number of hydroxylamine groups is 2. The van der Waals surface area contributed by atoms with Gasteiger partial charge in [0.05, 0.1) is 18.7 Å². The molecule has 2 aliphatic rings. The molecule has 29 heavy (non-hydrogen) atoms. The minimum absolute atomic E-state index is 0.0703. The van der Waals surface area contributed by atoms with Gasteiger partial charge in [0.2, 0.25) is 0 Å². The minimum Gasteiger partial charge on any atom is -0.758 e. The third-order valence-electron chi connectivity index (χ3n) is 4.90. The zero-order chi connectivity index (χ0) is 20.8. The summed E-state index contributed by atoms with van der Waals surface area (Å²) in [7, 11) is 0. The Morgan fingerprint density at radius 1 is 1.21 bits per heavy atom. The second kappa shape index (κ2) is 7.09.